The van der Waals surface area contributed by atoms with E-state index in [4.69, 9.17) is 4.74 Å². The predicted octanol–water partition coefficient (Wildman–Crippen LogP) is 5.00. The lowest BCUT2D eigenvalue weighted by Crippen LogP contribution is -2.29. The van der Waals surface area contributed by atoms with E-state index in [1.807, 2.05) is 6.07 Å². The third-order valence-corrected chi connectivity index (χ3v) is 3.82. The average Bonchev–Trinajstić information content (AvgIpc) is 2.54. The largest absolute Gasteiger partial charge is 0.493 e. The highest BCUT2D eigenvalue weighted by atomic mass is 16.5. The van der Waals surface area contributed by atoms with Crippen molar-refractivity contribution in [1.82, 2.24) is 5.32 Å². The number of ether oxygens (including phenoxy) is 1. The van der Waals surface area contributed by atoms with Crippen molar-refractivity contribution in [2.75, 3.05) is 13.2 Å². The Kier molecular flexibility index (Phi) is 6.23. The third kappa shape index (κ3) is 6.45. The number of nitrogens with one attached hydrogen (secondary N) is 1. The topological polar surface area (TPSA) is 21.3 Å². The first-order valence-corrected chi connectivity index (χ1v) is 8.44. The fraction of sp³-hybridized carbons (Fsp3) is 0.429. The Morgan fingerprint density at radius 1 is 0.957 bits per heavy atom. The summed E-state index contributed by atoms with van der Waals surface area (Å²) in [4.78, 5) is 0. The monoisotopic (exact) mass is 311 g/mol. The summed E-state index contributed by atoms with van der Waals surface area (Å²) in [7, 11) is 0. The highest BCUT2D eigenvalue weighted by Crippen LogP contribution is 2.19. The van der Waals surface area contributed by atoms with Crippen LogP contribution in [0.3, 0.4) is 0 Å². The van der Waals surface area contributed by atoms with Crippen molar-refractivity contribution in [1.29, 1.82) is 0 Å². The molecule has 2 heteroatoms. The summed E-state index contributed by atoms with van der Waals surface area (Å²) in [5.74, 6) is 0.938. The lowest BCUT2D eigenvalue weighted by molar-refractivity contribution is 0.321. The van der Waals surface area contributed by atoms with E-state index in [1.165, 1.54) is 11.1 Å². The van der Waals surface area contributed by atoms with Crippen LogP contribution in [-0.4, -0.2) is 13.2 Å². The van der Waals surface area contributed by atoms with E-state index >= 15 is 0 Å². The van der Waals surface area contributed by atoms with Crippen LogP contribution in [0.1, 0.15) is 44.9 Å². The highest BCUT2D eigenvalue weighted by Gasteiger charge is 2.12. The zero-order chi connectivity index (χ0) is 16.7. The third-order valence-electron chi connectivity index (χ3n) is 3.82. The predicted molar refractivity (Wildman–Crippen MR) is 98.0 cm³/mol. The molecule has 124 valence electrons. The maximum absolute atomic E-state index is 5.84. The molecule has 23 heavy (non-hydrogen) atoms. The molecule has 0 heterocycles. The Morgan fingerprint density at radius 2 is 1.61 bits per heavy atom. The molecule has 0 bridgehead atoms. The molecule has 1 unspecified atom stereocenters. The van der Waals surface area contributed by atoms with Gasteiger partial charge in [-0.15, -0.1) is 0 Å². The Balaban J connectivity index is 1.80. The summed E-state index contributed by atoms with van der Waals surface area (Å²) in [6.07, 6.45) is 0.937. The lowest BCUT2D eigenvalue weighted by Gasteiger charge is -2.23. The van der Waals surface area contributed by atoms with Gasteiger partial charge in [-0.2, -0.15) is 0 Å². The first-order chi connectivity index (χ1) is 10.9. The fourth-order valence-corrected chi connectivity index (χ4v) is 2.36. The Bertz CT molecular complexity index is 569. The van der Waals surface area contributed by atoms with E-state index in [9.17, 15) is 0 Å². The van der Waals surface area contributed by atoms with Gasteiger partial charge in [-0.25, -0.2) is 0 Å². The second kappa shape index (κ2) is 8.16. The minimum absolute atomic E-state index is 0.300. The summed E-state index contributed by atoms with van der Waals surface area (Å²) in [5, 5.41) is 3.58. The molecule has 0 aliphatic carbocycles. The van der Waals surface area contributed by atoms with Gasteiger partial charge in [0.2, 0.25) is 0 Å². The van der Waals surface area contributed by atoms with Crippen molar-refractivity contribution in [2.24, 2.45) is 5.41 Å². The van der Waals surface area contributed by atoms with Crippen molar-refractivity contribution < 1.29 is 4.74 Å². The first kappa shape index (κ1) is 17.6. The van der Waals surface area contributed by atoms with Crippen molar-refractivity contribution in [2.45, 2.75) is 40.2 Å². The molecule has 0 radical (unpaired) electrons. The van der Waals surface area contributed by atoms with Gasteiger partial charge >= 0.3 is 0 Å². The van der Waals surface area contributed by atoms with E-state index in [0.717, 1.165) is 18.7 Å². The van der Waals surface area contributed by atoms with Crippen LogP contribution in [0.5, 0.6) is 5.75 Å². The zero-order valence-corrected chi connectivity index (χ0v) is 14.8. The second-order valence-corrected chi connectivity index (χ2v) is 7.32. The summed E-state index contributed by atoms with van der Waals surface area (Å²) in [6.45, 7) is 10.7. The van der Waals surface area contributed by atoms with Crippen LogP contribution in [0.4, 0.5) is 0 Å². The number of hydrogen-bond acceptors (Lipinski definition) is 2. The van der Waals surface area contributed by atoms with Crippen LogP contribution in [-0.2, 0) is 6.42 Å². The molecule has 0 saturated heterocycles. The van der Waals surface area contributed by atoms with Gasteiger partial charge in [-0.1, -0.05) is 63.2 Å². The molecule has 1 atom stereocenters. The van der Waals surface area contributed by atoms with Crippen LogP contribution in [0.15, 0.2) is 54.6 Å². The standard InChI is InChI=1S/C21H29NO/c1-17(22-16-21(2,3)4)19-10-12-20(13-11-19)23-15-14-18-8-6-5-7-9-18/h5-13,17,22H,14-16H2,1-4H3. The highest BCUT2D eigenvalue weighted by molar-refractivity contribution is 5.29. The summed E-state index contributed by atoms with van der Waals surface area (Å²) < 4.78 is 5.84. The lowest BCUT2D eigenvalue weighted by atomic mass is 9.96. The number of hydrogen-bond donors (Lipinski definition) is 1. The first-order valence-electron chi connectivity index (χ1n) is 8.44. The molecule has 2 nitrogen and oxygen atoms in total. The van der Waals surface area contributed by atoms with Gasteiger partial charge in [0.15, 0.2) is 0 Å². The molecule has 2 rings (SSSR count). The summed E-state index contributed by atoms with van der Waals surface area (Å²) in [6, 6.07) is 19.2. The van der Waals surface area contributed by atoms with Gasteiger partial charge in [0, 0.05) is 19.0 Å². The molecular formula is C21H29NO. The van der Waals surface area contributed by atoms with Gasteiger partial charge < -0.3 is 10.1 Å². The minimum atomic E-state index is 0.300. The van der Waals surface area contributed by atoms with E-state index in [0.29, 0.717) is 18.1 Å². The molecule has 0 spiro atoms. The van der Waals surface area contributed by atoms with Crippen LogP contribution in [0.25, 0.3) is 0 Å². The van der Waals surface area contributed by atoms with Gasteiger partial charge in [-0.3, -0.25) is 0 Å². The van der Waals surface area contributed by atoms with Gasteiger partial charge in [-0.05, 0) is 35.6 Å². The average molecular weight is 311 g/mol. The SMILES string of the molecule is CC(NCC(C)(C)C)c1ccc(OCCc2ccccc2)cc1. The molecule has 2 aromatic carbocycles. The Morgan fingerprint density at radius 3 is 2.22 bits per heavy atom. The van der Waals surface area contributed by atoms with E-state index < -0.39 is 0 Å². The van der Waals surface area contributed by atoms with Crippen LogP contribution in [0.2, 0.25) is 0 Å². The zero-order valence-electron chi connectivity index (χ0n) is 14.8. The maximum atomic E-state index is 5.84. The maximum Gasteiger partial charge on any atom is 0.119 e. The molecule has 0 aliphatic heterocycles. The van der Waals surface area contributed by atoms with Crippen molar-refractivity contribution in [3.05, 3.63) is 65.7 Å². The second-order valence-electron chi connectivity index (χ2n) is 7.32. The molecule has 0 saturated carbocycles. The van der Waals surface area contributed by atoms with Crippen LogP contribution >= 0.6 is 0 Å². The Labute approximate surface area is 140 Å². The molecule has 1 N–H and O–H groups in total. The molecule has 0 fully saturated rings. The van der Waals surface area contributed by atoms with Crippen molar-refractivity contribution in [3.8, 4) is 5.75 Å². The van der Waals surface area contributed by atoms with Gasteiger partial charge in [0.05, 0.1) is 6.61 Å². The van der Waals surface area contributed by atoms with E-state index in [2.05, 4.69) is 81.5 Å². The van der Waals surface area contributed by atoms with Gasteiger partial charge in [0.1, 0.15) is 5.75 Å². The van der Waals surface area contributed by atoms with Crippen LogP contribution < -0.4 is 10.1 Å². The Hall–Kier alpha value is -1.80. The van der Waals surface area contributed by atoms with Crippen molar-refractivity contribution in [3.63, 3.8) is 0 Å². The molecular weight excluding hydrogens is 282 g/mol. The number of benzene rings is 2. The molecule has 2 aromatic rings. The van der Waals surface area contributed by atoms with Crippen LogP contribution in [0, 0.1) is 5.41 Å². The van der Waals surface area contributed by atoms with E-state index in [-0.39, 0.29) is 0 Å². The summed E-state index contributed by atoms with van der Waals surface area (Å²) >= 11 is 0. The molecule has 0 aliphatic rings. The normalized spacial score (nSPS) is 12.9. The van der Waals surface area contributed by atoms with Gasteiger partial charge in [0.25, 0.3) is 0 Å². The molecule has 0 aromatic heterocycles. The summed E-state index contributed by atoms with van der Waals surface area (Å²) in [5.41, 5.74) is 2.91. The number of rotatable bonds is 7. The fourth-order valence-electron chi connectivity index (χ4n) is 2.36. The van der Waals surface area contributed by atoms with Crippen molar-refractivity contribution >= 4 is 0 Å². The quantitative estimate of drug-likeness (QED) is 0.776. The van der Waals surface area contributed by atoms with E-state index in [1.54, 1.807) is 0 Å². The smallest absolute Gasteiger partial charge is 0.119 e. The molecule has 0 amide bonds. The minimum Gasteiger partial charge on any atom is -0.493 e.